The summed E-state index contributed by atoms with van der Waals surface area (Å²) >= 11 is 0. The lowest BCUT2D eigenvalue weighted by Gasteiger charge is -2.49. The fourth-order valence-electron chi connectivity index (χ4n) is 4.37. The van der Waals surface area contributed by atoms with Crippen molar-refractivity contribution in [2.24, 2.45) is 18.1 Å². The average Bonchev–Trinajstić information content (AvgIpc) is 3.13. The first-order valence-electron chi connectivity index (χ1n) is 8.37. The predicted molar refractivity (Wildman–Crippen MR) is 89.4 cm³/mol. The zero-order valence-electron chi connectivity index (χ0n) is 13.3. The summed E-state index contributed by atoms with van der Waals surface area (Å²) in [6, 6.07) is 6.23. The SMILES string of the molecule is Cn1cnc2cc(NC3=NO[C@@]4(C3)CN3CCC4CC3)ccc21. The van der Waals surface area contributed by atoms with Crippen molar-refractivity contribution in [3.63, 3.8) is 0 Å². The fourth-order valence-corrected chi connectivity index (χ4v) is 4.37. The Bertz CT molecular complexity index is 789. The van der Waals surface area contributed by atoms with E-state index in [4.69, 9.17) is 4.84 Å². The Balaban J connectivity index is 1.35. The molecule has 1 aromatic carbocycles. The molecule has 23 heavy (non-hydrogen) atoms. The van der Waals surface area contributed by atoms with Crippen molar-refractivity contribution in [2.75, 3.05) is 25.0 Å². The highest BCUT2D eigenvalue weighted by atomic mass is 16.7. The minimum atomic E-state index is -0.0894. The molecule has 1 N–H and O–H groups in total. The van der Waals surface area contributed by atoms with Crippen LogP contribution in [-0.4, -0.2) is 45.5 Å². The maximum Gasteiger partial charge on any atom is 0.160 e. The number of aromatic nitrogens is 2. The standard InChI is InChI=1S/C17H21N5O/c1-21-11-18-14-8-13(2-3-15(14)21)19-16-9-17(23-20-16)10-22-6-4-12(17)5-7-22/h2-3,8,11-12H,4-7,9-10H2,1H3,(H,19,20)/t17-/m0/s1. The largest absolute Gasteiger partial charge is 0.386 e. The number of nitrogens with zero attached hydrogens (tertiary/aromatic N) is 4. The van der Waals surface area contributed by atoms with E-state index in [0.717, 1.165) is 35.5 Å². The van der Waals surface area contributed by atoms with E-state index in [2.05, 4.69) is 38.6 Å². The summed E-state index contributed by atoms with van der Waals surface area (Å²) in [7, 11) is 2.01. The van der Waals surface area contributed by atoms with Crippen molar-refractivity contribution in [3.8, 4) is 0 Å². The van der Waals surface area contributed by atoms with E-state index in [0.29, 0.717) is 5.92 Å². The summed E-state index contributed by atoms with van der Waals surface area (Å²) in [4.78, 5) is 12.9. The third-order valence-electron chi connectivity index (χ3n) is 5.64. The first kappa shape index (κ1) is 13.4. The van der Waals surface area contributed by atoms with Crippen LogP contribution in [-0.2, 0) is 11.9 Å². The normalized spacial score (nSPS) is 32.3. The van der Waals surface area contributed by atoms with Gasteiger partial charge >= 0.3 is 0 Å². The molecule has 0 amide bonds. The van der Waals surface area contributed by atoms with Crippen LogP contribution in [0.25, 0.3) is 11.0 Å². The molecule has 6 heteroatoms. The molecule has 4 aliphatic rings. The highest BCUT2D eigenvalue weighted by Gasteiger charge is 2.52. The maximum atomic E-state index is 5.96. The van der Waals surface area contributed by atoms with Crippen LogP contribution in [0.2, 0.25) is 0 Å². The van der Waals surface area contributed by atoms with E-state index in [1.807, 2.05) is 17.9 Å². The minimum Gasteiger partial charge on any atom is -0.386 e. The molecule has 0 unspecified atom stereocenters. The molecule has 1 spiro atoms. The van der Waals surface area contributed by atoms with Gasteiger partial charge in [0.2, 0.25) is 0 Å². The van der Waals surface area contributed by atoms with Gasteiger partial charge in [-0.25, -0.2) is 4.98 Å². The van der Waals surface area contributed by atoms with Crippen molar-refractivity contribution in [1.29, 1.82) is 0 Å². The van der Waals surface area contributed by atoms with Crippen molar-refractivity contribution >= 4 is 22.6 Å². The van der Waals surface area contributed by atoms with Crippen LogP contribution < -0.4 is 5.32 Å². The number of oxime groups is 1. The second kappa shape index (κ2) is 4.71. The van der Waals surface area contributed by atoms with Gasteiger partial charge in [-0.3, -0.25) is 4.90 Å². The molecule has 5 heterocycles. The van der Waals surface area contributed by atoms with Gasteiger partial charge in [-0.15, -0.1) is 0 Å². The quantitative estimate of drug-likeness (QED) is 0.877. The number of hydrogen-bond acceptors (Lipinski definition) is 5. The number of fused-ring (bicyclic) bond motifs is 3. The Morgan fingerprint density at radius 2 is 2.17 bits per heavy atom. The molecule has 3 saturated heterocycles. The lowest BCUT2D eigenvalue weighted by molar-refractivity contribution is -0.136. The molecule has 3 fully saturated rings. The fraction of sp³-hybridized carbons (Fsp3) is 0.529. The van der Waals surface area contributed by atoms with Gasteiger partial charge in [0.15, 0.2) is 11.4 Å². The van der Waals surface area contributed by atoms with E-state index in [1.54, 1.807) is 0 Å². The van der Waals surface area contributed by atoms with Gasteiger partial charge < -0.3 is 14.7 Å². The van der Waals surface area contributed by atoms with Gasteiger partial charge in [-0.2, -0.15) is 0 Å². The molecule has 0 radical (unpaired) electrons. The van der Waals surface area contributed by atoms with Crippen LogP contribution in [0.3, 0.4) is 0 Å². The van der Waals surface area contributed by atoms with E-state index < -0.39 is 0 Å². The number of rotatable bonds is 1. The van der Waals surface area contributed by atoms with Gasteiger partial charge in [-0.1, -0.05) is 5.16 Å². The van der Waals surface area contributed by atoms with Crippen molar-refractivity contribution < 1.29 is 4.84 Å². The second-order valence-electron chi connectivity index (χ2n) is 7.11. The van der Waals surface area contributed by atoms with Crippen LogP contribution >= 0.6 is 0 Å². The molecule has 6 nitrogen and oxygen atoms in total. The molecule has 1 aromatic heterocycles. The summed E-state index contributed by atoms with van der Waals surface area (Å²) in [6.45, 7) is 3.45. The van der Waals surface area contributed by atoms with Crippen LogP contribution in [0.15, 0.2) is 29.7 Å². The monoisotopic (exact) mass is 311 g/mol. The molecule has 120 valence electrons. The van der Waals surface area contributed by atoms with Crippen molar-refractivity contribution in [1.82, 2.24) is 14.5 Å². The van der Waals surface area contributed by atoms with E-state index in [1.165, 1.54) is 25.9 Å². The third kappa shape index (κ3) is 2.05. The van der Waals surface area contributed by atoms with Gasteiger partial charge in [0.05, 0.1) is 23.8 Å². The first-order chi connectivity index (χ1) is 11.2. The van der Waals surface area contributed by atoms with Crippen molar-refractivity contribution in [2.45, 2.75) is 24.9 Å². The predicted octanol–water partition coefficient (Wildman–Crippen LogP) is 2.18. The summed E-state index contributed by atoms with van der Waals surface area (Å²) in [5.74, 6) is 1.59. The Morgan fingerprint density at radius 1 is 1.30 bits per heavy atom. The van der Waals surface area contributed by atoms with E-state index in [-0.39, 0.29) is 5.60 Å². The number of hydrogen-bond donors (Lipinski definition) is 1. The summed E-state index contributed by atoms with van der Waals surface area (Å²) in [5, 5.41) is 7.80. The number of piperidine rings is 3. The number of benzene rings is 1. The second-order valence-corrected chi connectivity index (χ2v) is 7.11. The molecule has 2 bridgehead atoms. The average molecular weight is 311 g/mol. The lowest BCUT2D eigenvalue weighted by Crippen LogP contribution is -2.59. The van der Waals surface area contributed by atoms with E-state index in [9.17, 15) is 0 Å². The van der Waals surface area contributed by atoms with Gasteiger partial charge in [-0.05, 0) is 44.1 Å². The van der Waals surface area contributed by atoms with Gasteiger partial charge in [0.25, 0.3) is 0 Å². The highest BCUT2D eigenvalue weighted by Crippen LogP contribution is 2.43. The molecule has 0 saturated carbocycles. The van der Waals surface area contributed by atoms with Crippen LogP contribution in [0.5, 0.6) is 0 Å². The molecule has 1 atom stereocenters. The number of imidazole rings is 1. The summed E-state index contributed by atoms with van der Waals surface area (Å²) in [5.41, 5.74) is 3.06. The summed E-state index contributed by atoms with van der Waals surface area (Å²) in [6.07, 6.45) is 5.20. The van der Waals surface area contributed by atoms with Crippen molar-refractivity contribution in [3.05, 3.63) is 24.5 Å². The van der Waals surface area contributed by atoms with Crippen LogP contribution in [0.4, 0.5) is 5.69 Å². The molecular formula is C17H21N5O. The number of amidine groups is 1. The first-order valence-corrected chi connectivity index (χ1v) is 8.37. The van der Waals surface area contributed by atoms with Crippen LogP contribution in [0, 0.1) is 5.92 Å². The lowest BCUT2D eigenvalue weighted by atomic mass is 9.73. The topological polar surface area (TPSA) is 54.7 Å². The molecule has 6 rings (SSSR count). The smallest absolute Gasteiger partial charge is 0.160 e. The molecule has 2 aromatic rings. The Hall–Kier alpha value is -2.08. The number of nitrogens with one attached hydrogen (secondary N) is 1. The molecule has 4 aliphatic heterocycles. The Kier molecular flexibility index (Phi) is 2.74. The van der Waals surface area contributed by atoms with E-state index >= 15 is 0 Å². The van der Waals surface area contributed by atoms with Crippen LogP contribution in [0.1, 0.15) is 19.3 Å². The zero-order chi connectivity index (χ0) is 15.4. The Morgan fingerprint density at radius 3 is 2.96 bits per heavy atom. The minimum absolute atomic E-state index is 0.0894. The number of aryl methyl sites for hydroxylation is 1. The molecule has 0 aliphatic carbocycles. The third-order valence-corrected chi connectivity index (χ3v) is 5.64. The zero-order valence-corrected chi connectivity index (χ0v) is 13.3. The maximum absolute atomic E-state index is 5.96. The Labute approximate surface area is 135 Å². The molecular weight excluding hydrogens is 290 g/mol. The highest BCUT2D eigenvalue weighted by molar-refractivity contribution is 5.98. The van der Waals surface area contributed by atoms with Gasteiger partial charge in [0, 0.05) is 25.2 Å². The number of anilines is 1. The summed E-state index contributed by atoms with van der Waals surface area (Å²) < 4.78 is 2.03. The van der Waals surface area contributed by atoms with Gasteiger partial charge in [0.1, 0.15) is 0 Å².